The number of benzene rings is 1. The van der Waals surface area contributed by atoms with Crippen molar-refractivity contribution in [2.24, 2.45) is 7.05 Å². The molecular weight excluding hydrogens is 319 g/mol. The molecule has 25 heavy (non-hydrogen) atoms. The number of amides is 1. The molecule has 0 atom stereocenters. The molecule has 0 spiro atoms. The van der Waals surface area contributed by atoms with Crippen LogP contribution in [-0.4, -0.2) is 34.0 Å². The van der Waals surface area contributed by atoms with E-state index in [0.29, 0.717) is 11.4 Å². The number of carbonyl (C=O) groups is 1. The maximum absolute atomic E-state index is 13.4. The Kier molecular flexibility index (Phi) is 3.49. The lowest BCUT2D eigenvalue weighted by molar-refractivity contribution is 0.0781. The van der Waals surface area contributed by atoms with Crippen molar-refractivity contribution in [1.29, 1.82) is 0 Å². The number of carbonyl (C=O) groups excluding carboxylic acids is 1. The number of aryl methyl sites for hydroxylation is 2. The summed E-state index contributed by atoms with van der Waals surface area (Å²) < 4.78 is 15.4. The van der Waals surface area contributed by atoms with Gasteiger partial charge in [-0.2, -0.15) is 0 Å². The second-order valence-corrected chi connectivity index (χ2v) is 6.51. The Morgan fingerprint density at radius 2 is 2.00 bits per heavy atom. The topological polar surface area (TPSA) is 50.2 Å². The average Bonchev–Trinajstić information content (AvgIpc) is 2.87. The molecule has 0 fully saturated rings. The second-order valence-electron chi connectivity index (χ2n) is 6.51. The zero-order chi connectivity index (χ0) is 17.7. The fraction of sp³-hybridized carbons (Fsp3) is 0.263. The molecule has 5 nitrogen and oxygen atoms in total. The Morgan fingerprint density at radius 3 is 2.76 bits per heavy atom. The van der Waals surface area contributed by atoms with E-state index in [0.717, 1.165) is 40.9 Å². The second kappa shape index (κ2) is 5.58. The molecule has 3 aromatic rings. The van der Waals surface area contributed by atoms with E-state index < -0.39 is 0 Å². The number of fused-ring (bicyclic) bond motifs is 3. The van der Waals surface area contributed by atoms with E-state index in [1.165, 1.54) is 6.07 Å². The standard InChI is InChI=1S/C19H19FN4O/c1-11-10-12(4-6-14(11)20)21-16-7-5-13-17-15(24(3)18(13)22-16)8-9-23(2)19(17)25/h4-7,10H,8-9H2,1-3H3,(H,21,22). The summed E-state index contributed by atoms with van der Waals surface area (Å²) in [5.41, 5.74) is 3.91. The molecule has 3 heterocycles. The van der Waals surface area contributed by atoms with Gasteiger partial charge in [0.2, 0.25) is 0 Å². The number of hydrogen-bond donors (Lipinski definition) is 1. The molecule has 1 aromatic carbocycles. The molecule has 0 radical (unpaired) electrons. The highest BCUT2D eigenvalue weighted by Gasteiger charge is 2.28. The van der Waals surface area contributed by atoms with Crippen LogP contribution in [0.2, 0.25) is 0 Å². The third kappa shape index (κ3) is 2.45. The lowest BCUT2D eigenvalue weighted by Crippen LogP contribution is -2.34. The minimum Gasteiger partial charge on any atom is -0.341 e. The zero-order valence-corrected chi connectivity index (χ0v) is 14.4. The van der Waals surface area contributed by atoms with Crippen LogP contribution in [0.4, 0.5) is 15.9 Å². The molecule has 4 rings (SSSR count). The molecule has 0 unspecified atom stereocenters. The average molecular weight is 338 g/mol. The third-order valence-electron chi connectivity index (χ3n) is 4.83. The predicted molar refractivity (Wildman–Crippen MR) is 95.8 cm³/mol. The van der Waals surface area contributed by atoms with Gasteiger partial charge in [0.25, 0.3) is 5.91 Å². The molecule has 1 amide bonds. The van der Waals surface area contributed by atoms with Crippen LogP contribution in [0.25, 0.3) is 11.0 Å². The van der Waals surface area contributed by atoms with E-state index in [4.69, 9.17) is 0 Å². The van der Waals surface area contributed by atoms with Gasteiger partial charge in [0.15, 0.2) is 0 Å². The summed E-state index contributed by atoms with van der Waals surface area (Å²) in [7, 11) is 3.77. The van der Waals surface area contributed by atoms with Crippen molar-refractivity contribution >= 4 is 28.4 Å². The van der Waals surface area contributed by atoms with Crippen molar-refractivity contribution in [1.82, 2.24) is 14.5 Å². The summed E-state index contributed by atoms with van der Waals surface area (Å²) in [6.07, 6.45) is 0.824. The smallest absolute Gasteiger partial charge is 0.256 e. The van der Waals surface area contributed by atoms with Crippen LogP contribution < -0.4 is 5.32 Å². The number of nitrogens with zero attached hydrogens (tertiary/aromatic N) is 3. The van der Waals surface area contributed by atoms with Gasteiger partial charge in [0.1, 0.15) is 17.3 Å². The molecule has 1 N–H and O–H groups in total. The maximum atomic E-state index is 13.4. The van der Waals surface area contributed by atoms with Gasteiger partial charge in [-0.25, -0.2) is 9.37 Å². The lowest BCUT2D eigenvalue weighted by atomic mass is 10.0. The van der Waals surface area contributed by atoms with Crippen molar-refractivity contribution < 1.29 is 9.18 Å². The highest BCUT2D eigenvalue weighted by atomic mass is 19.1. The van der Waals surface area contributed by atoms with E-state index >= 15 is 0 Å². The molecular formula is C19H19FN4O. The number of hydrogen-bond acceptors (Lipinski definition) is 3. The summed E-state index contributed by atoms with van der Waals surface area (Å²) in [5.74, 6) is 0.479. The number of halogens is 1. The zero-order valence-electron chi connectivity index (χ0n) is 14.4. The van der Waals surface area contributed by atoms with Gasteiger partial charge in [-0.1, -0.05) is 0 Å². The van der Waals surface area contributed by atoms with E-state index in [-0.39, 0.29) is 11.7 Å². The Labute approximate surface area is 145 Å². The fourth-order valence-electron chi connectivity index (χ4n) is 3.39. The molecule has 1 aliphatic heterocycles. The van der Waals surface area contributed by atoms with Gasteiger partial charge in [-0.15, -0.1) is 0 Å². The lowest BCUT2D eigenvalue weighted by Gasteiger charge is -2.23. The number of likely N-dealkylation sites (N-methyl/N-ethyl adjacent to an activating group) is 1. The summed E-state index contributed by atoms with van der Waals surface area (Å²) in [5, 5.41) is 4.08. The van der Waals surface area contributed by atoms with Crippen LogP contribution in [0, 0.1) is 12.7 Å². The monoisotopic (exact) mass is 338 g/mol. The van der Waals surface area contributed by atoms with Crippen LogP contribution >= 0.6 is 0 Å². The Balaban J connectivity index is 1.77. The molecule has 1 aliphatic rings. The van der Waals surface area contributed by atoms with Crippen molar-refractivity contribution in [2.75, 3.05) is 18.9 Å². The third-order valence-corrected chi connectivity index (χ3v) is 4.83. The van der Waals surface area contributed by atoms with E-state index in [2.05, 4.69) is 10.3 Å². The van der Waals surface area contributed by atoms with Gasteiger partial charge in [0, 0.05) is 43.8 Å². The minimum absolute atomic E-state index is 0.0449. The van der Waals surface area contributed by atoms with Crippen molar-refractivity contribution in [3.63, 3.8) is 0 Å². The van der Waals surface area contributed by atoms with Crippen molar-refractivity contribution in [2.45, 2.75) is 13.3 Å². The Hall–Kier alpha value is -2.89. The van der Waals surface area contributed by atoms with Gasteiger partial charge in [-0.3, -0.25) is 4.79 Å². The van der Waals surface area contributed by atoms with Gasteiger partial charge >= 0.3 is 0 Å². The summed E-state index contributed by atoms with van der Waals surface area (Å²) in [4.78, 5) is 18.9. The Bertz CT molecular complexity index is 1010. The van der Waals surface area contributed by atoms with Gasteiger partial charge in [-0.05, 0) is 42.8 Å². The largest absolute Gasteiger partial charge is 0.341 e. The number of rotatable bonds is 2. The summed E-state index contributed by atoms with van der Waals surface area (Å²) in [6.45, 7) is 2.44. The molecule has 0 saturated heterocycles. The fourth-order valence-corrected chi connectivity index (χ4v) is 3.39. The predicted octanol–water partition coefficient (Wildman–Crippen LogP) is 3.39. The van der Waals surface area contributed by atoms with E-state index in [1.54, 1.807) is 24.0 Å². The highest BCUT2D eigenvalue weighted by Crippen LogP contribution is 2.30. The molecule has 6 heteroatoms. The quantitative estimate of drug-likeness (QED) is 0.779. The van der Waals surface area contributed by atoms with E-state index in [9.17, 15) is 9.18 Å². The SMILES string of the molecule is Cc1cc(Nc2ccc3c4c(n(C)c3n2)CCN(C)C4=O)ccc1F. The van der Waals surface area contributed by atoms with E-state index in [1.807, 2.05) is 30.8 Å². The molecule has 128 valence electrons. The first-order valence-electron chi connectivity index (χ1n) is 8.22. The highest BCUT2D eigenvalue weighted by molar-refractivity contribution is 6.08. The first kappa shape index (κ1) is 15.6. The van der Waals surface area contributed by atoms with Crippen molar-refractivity contribution in [3.8, 4) is 0 Å². The maximum Gasteiger partial charge on any atom is 0.256 e. The Morgan fingerprint density at radius 1 is 1.20 bits per heavy atom. The first-order valence-corrected chi connectivity index (χ1v) is 8.22. The minimum atomic E-state index is -0.230. The molecule has 0 saturated carbocycles. The van der Waals surface area contributed by atoms with Crippen LogP contribution in [0.15, 0.2) is 30.3 Å². The number of anilines is 2. The number of nitrogens with one attached hydrogen (secondary N) is 1. The van der Waals surface area contributed by atoms with Gasteiger partial charge in [0.05, 0.1) is 5.56 Å². The van der Waals surface area contributed by atoms with Crippen molar-refractivity contribution in [3.05, 3.63) is 53.0 Å². The van der Waals surface area contributed by atoms with Crippen LogP contribution in [-0.2, 0) is 13.5 Å². The molecule has 2 aromatic heterocycles. The van der Waals surface area contributed by atoms with Gasteiger partial charge < -0.3 is 14.8 Å². The number of aromatic nitrogens is 2. The molecule has 0 aliphatic carbocycles. The normalized spacial score (nSPS) is 14.1. The van der Waals surface area contributed by atoms with Crippen LogP contribution in [0.1, 0.15) is 21.6 Å². The summed E-state index contributed by atoms with van der Waals surface area (Å²) in [6, 6.07) is 8.64. The summed E-state index contributed by atoms with van der Waals surface area (Å²) >= 11 is 0. The van der Waals surface area contributed by atoms with Crippen LogP contribution in [0.5, 0.6) is 0 Å². The first-order chi connectivity index (χ1) is 12.0. The number of pyridine rings is 1. The molecule has 0 bridgehead atoms. The van der Waals surface area contributed by atoms with Crippen LogP contribution in [0.3, 0.4) is 0 Å².